The molecule has 1 aromatic heterocycles. The summed E-state index contributed by atoms with van der Waals surface area (Å²) in [5.41, 5.74) is 0.0995. The first-order valence-electron chi connectivity index (χ1n) is 6.00. The zero-order valence-corrected chi connectivity index (χ0v) is 11.4. The highest BCUT2D eigenvalue weighted by Crippen LogP contribution is 2.24. The topological polar surface area (TPSA) is 91.4 Å². The zero-order chi connectivity index (χ0) is 15.6. The van der Waals surface area contributed by atoms with Crippen LogP contribution in [0.1, 0.15) is 26.4 Å². The maximum Gasteiger partial charge on any atom is 0.339 e. The number of nitrogens with one attached hydrogen (secondary N) is 2. The van der Waals surface area contributed by atoms with Crippen molar-refractivity contribution in [3.05, 3.63) is 47.0 Å². The summed E-state index contributed by atoms with van der Waals surface area (Å²) in [4.78, 5) is 26.0. The average Bonchev–Trinajstić information content (AvgIpc) is 2.79. The predicted molar refractivity (Wildman–Crippen MR) is 73.4 cm³/mol. The van der Waals surface area contributed by atoms with Crippen LogP contribution in [0.5, 0.6) is 5.75 Å². The molecule has 0 unspecified atom stereocenters. The number of carboxylic acid groups (broad SMARTS) is 1. The minimum absolute atomic E-state index is 0.0651. The summed E-state index contributed by atoms with van der Waals surface area (Å²) in [6, 6.07) is 3.98. The second-order valence-corrected chi connectivity index (χ2v) is 4.28. The van der Waals surface area contributed by atoms with E-state index in [9.17, 15) is 14.0 Å². The van der Waals surface area contributed by atoms with Gasteiger partial charge in [0.15, 0.2) is 0 Å². The summed E-state index contributed by atoms with van der Waals surface area (Å²) in [5.74, 6) is -2.66. The molecule has 0 atom stereocenters. The minimum Gasteiger partial charge on any atom is -0.496 e. The molecule has 0 saturated carbocycles. The third-order valence-corrected chi connectivity index (χ3v) is 2.96. The Balaban J connectivity index is 2.38. The van der Waals surface area contributed by atoms with Gasteiger partial charge in [-0.3, -0.25) is 4.79 Å². The van der Waals surface area contributed by atoms with Crippen LogP contribution in [0.3, 0.4) is 0 Å². The molecule has 0 saturated heterocycles. The Morgan fingerprint density at radius 1 is 1.33 bits per heavy atom. The first-order valence-corrected chi connectivity index (χ1v) is 6.00. The third kappa shape index (κ3) is 2.71. The van der Waals surface area contributed by atoms with Crippen LogP contribution >= 0.6 is 0 Å². The maximum absolute atomic E-state index is 13.8. The molecular weight excluding hydrogens is 279 g/mol. The van der Waals surface area contributed by atoms with Gasteiger partial charge in [0.2, 0.25) is 0 Å². The van der Waals surface area contributed by atoms with Gasteiger partial charge in [0.1, 0.15) is 22.7 Å². The highest BCUT2D eigenvalue weighted by molar-refractivity contribution is 6.09. The van der Waals surface area contributed by atoms with Crippen molar-refractivity contribution in [3.8, 4) is 5.75 Å². The molecule has 0 aliphatic rings. The molecule has 3 N–H and O–H groups in total. The van der Waals surface area contributed by atoms with Crippen LogP contribution < -0.4 is 10.1 Å². The number of benzene rings is 1. The van der Waals surface area contributed by atoms with Gasteiger partial charge >= 0.3 is 5.97 Å². The van der Waals surface area contributed by atoms with E-state index in [-0.39, 0.29) is 22.6 Å². The maximum atomic E-state index is 13.8. The molecule has 1 heterocycles. The second-order valence-electron chi connectivity index (χ2n) is 4.28. The van der Waals surface area contributed by atoms with Crippen LogP contribution in [0, 0.1) is 12.7 Å². The fourth-order valence-corrected chi connectivity index (χ4v) is 1.98. The Hall–Kier alpha value is -2.83. The molecule has 0 fully saturated rings. The van der Waals surface area contributed by atoms with Crippen LogP contribution in [0.15, 0.2) is 24.4 Å². The van der Waals surface area contributed by atoms with Crippen molar-refractivity contribution in [1.82, 2.24) is 4.98 Å². The fourth-order valence-electron chi connectivity index (χ4n) is 1.98. The van der Waals surface area contributed by atoms with Crippen molar-refractivity contribution in [2.24, 2.45) is 0 Å². The van der Waals surface area contributed by atoms with Gasteiger partial charge in [-0.2, -0.15) is 0 Å². The fraction of sp³-hybridized carbons (Fsp3) is 0.143. The van der Waals surface area contributed by atoms with E-state index in [0.717, 1.165) is 6.07 Å². The molecule has 2 aromatic rings. The lowest BCUT2D eigenvalue weighted by atomic mass is 10.1. The summed E-state index contributed by atoms with van der Waals surface area (Å²) in [5, 5.41) is 11.5. The van der Waals surface area contributed by atoms with Gasteiger partial charge in [-0.15, -0.1) is 0 Å². The molecule has 0 aliphatic heterocycles. The molecule has 21 heavy (non-hydrogen) atoms. The standard InChI is InChI=1S/C14H13FN2O4/c1-7-11(14(19)20)9(6-16-7)17-13(18)12-8(15)4-3-5-10(12)21-2/h3-6,16H,1-2H3,(H,17,18)(H,19,20). The van der Waals surface area contributed by atoms with E-state index in [1.54, 1.807) is 6.92 Å². The molecule has 2 rings (SSSR count). The molecule has 0 radical (unpaired) electrons. The molecule has 0 spiro atoms. The second kappa shape index (κ2) is 5.66. The normalized spacial score (nSPS) is 10.2. The van der Waals surface area contributed by atoms with Crippen LogP contribution in [0.4, 0.5) is 10.1 Å². The van der Waals surface area contributed by atoms with Gasteiger partial charge in [0.25, 0.3) is 5.91 Å². The molecule has 1 amide bonds. The lowest BCUT2D eigenvalue weighted by Crippen LogP contribution is -2.16. The highest BCUT2D eigenvalue weighted by Gasteiger charge is 2.21. The smallest absolute Gasteiger partial charge is 0.339 e. The van der Waals surface area contributed by atoms with E-state index in [2.05, 4.69) is 10.3 Å². The van der Waals surface area contributed by atoms with Crippen molar-refractivity contribution in [2.75, 3.05) is 12.4 Å². The van der Waals surface area contributed by atoms with Gasteiger partial charge in [-0.25, -0.2) is 9.18 Å². The number of ether oxygens (including phenoxy) is 1. The number of aromatic amines is 1. The van der Waals surface area contributed by atoms with E-state index < -0.39 is 17.7 Å². The Labute approximate surface area is 119 Å². The summed E-state index contributed by atoms with van der Waals surface area (Å²) < 4.78 is 18.7. The number of aromatic nitrogens is 1. The summed E-state index contributed by atoms with van der Waals surface area (Å²) in [7, 11) is 1.31. The summed E-state index contributed by atoms with van der Waals surface area (Å²) in [6.07, 6.45) is 1.34. The number of carboxylic acids is 1. The number of halogens is 1. The molecule has 7 heteroatoms. The van der Waals surface area contributed by atoms with Crippen LogP contribution in [-0.4, -0.2) is 29.1 Å². The van der Waals surface area contributed by atoms with E-state index in [1.165, 1.54) is 25.4 Å². The van der Waals surface area contributed by atoms with Gasteiger partial charge < -0.3 is 20.1 Å². The zero-order valence-electron chi connectivity index (χ0n) is 11.4. The van der Waals surface area contributed by atoms with Crippen molar-refractivity contribution < 1.29 is 23.8 Å². The van der Waals surface area contributed by atoms with E-state index >= 15 is 0 Å². The molecular formula is C14H13FN2O4. The quantitative estimate of drug-likeness (QED) is 0.807. The highest BCUT2D eigenvalue weighted by atomic mass is 19.1. The van der Waals surface area contributed by atoms with Gasteiger partial charge in [0.05, 0.1) is 12.8 Å². The number of hydrogen-bond acceptors (Lipinski definition) is 3. The number of aryl methyl sites for hydroxylation is 1. The van der Waals surface area contributed by atoms with Crippen LogP contribution in [-0.2, 0) is 0 Å². The van der Waals surface area contributed by atoms with Crippen molar-refractivity contribution in [3.63, 3.8) is 0 Å². The number of rotatable bonds is 4. The predicted octanol–water partition coefficient (Wildman–Crippen LogP) is 2.42. The van der Waals surface area contributed by atoms with E-state index in [0.29, 0.717) is 5.69 Å². The first kappa shape index (κ1) is 14.6. The molecule has 110 valence electrons. The largest absolute Gasteiger partial charge is 0.496 e. The third-order valence-electron chi connectivity index (χ3n) is 2.96. The summed E-state index contributed by atoms with van der Waals surface area (Å²) >= 11 is 0. The number of amides is 1. The number of methoxy groups -OCH3 is 1. The Bertz CT molecular complexity index is 709. The summed E-state index contributed by atoms with van der Waals surface area (Å²) in [6.45, 7) is 1.56. The lowest BCUT2D eigenvalue weighted by molar-refractivity contribution is 0.0697. The Morgan fingerprint density at radius 3 is 2.67 bits per heavy atom. The van der Waals surface area contributed by atoms with Crippen LogP contribution in [0.2, 0.25) is 0 Å². The number of hydrogen-bond donors (Lipinski definition) is 3. The Kier molecular flexibility index (Phi) is 3.93. The van der Waals surface area contributed by atoms with Gasteiger partial charge in [0, 0.05) is 11.9 Å². The SMILES string of the molecule is COc1cccc(F)c1C(=O)Nc1c[nH]c(C)c1C(=O)O. The van der Waals surface area contributed by atoms with E-state index in [1.807, 2.05) is 0 Å². The van der Waals surface area contributed by atoms with Gasteiger partial charge in [-0.05, 0) is 19.1 Å². The van der Waals surface area contributed by atoms with Crippen molar-refractivity contribution >= 4 is 17.6 Å². The monoisotopic (exact) mass is 292 g/mol. The molecule has 0 bridgehead atoms. The number of anilines is 1. The van der Waals surface area contributed by atoms with Crippen molar-refractivity contribution in [1.29, 1.82) is 0 Å². The van der Waals surface area contributed by atoms with Crippen molar-refractivity contribution in [2.45, 2.75) is 6.92 Å². The number of aromatic carboxylic acids is 1. The number of H-pyrrole nitrogens is 1. The number of carbonyl (C=O) groups is 2. The molecule has 6 nitrogen and oxygen atoms in total. The van der Waals surface area contributed by atoms with Crippen LogP contribution in [0.25, 0.3) is 0 Å². The minimum atomic E-state index is -1.19. The van der Waals surface area contributed by atoms with Gasteiger partial charge in [-0.1, -0.05) is 6.07 Å². The van der Waals surface area contributed by atoms with E-state index in [4.69, 9.17) is 9.84 Å². The molecule has 1 aromatic carbocycles. The first-order chi connectivity index (χ1) is 9.95. The molecule has 0 aliphatic carbocycles. The number of carbonyl (C=O) groups excluding carboxylic acids is 1. The average molecular weight is 292 g/mol. The lowest BCUT2D eigenvalue weighted by Gasteiger charge is -2.10. The Morgan fingerprint density at radius 2 is 2.05 bits per heavy atom.